The van der Waals surface area contributed by atoms with E-state index in [1.165, 1.54) is 18.0 Å². The summed E-state index contributed by atoms with van der Waals surface area (Å²) in [6.45, 7) is 4.89. The molecule has 2 N–H and O–H groups in total. The summed E-state index contributed by atoms with van der Waals surface area (Å²) in [4.78, 5) is 14.1. The minimum Gasteiger partial charge on any atom is -0.503 e. The van der Waals surface area contributed by atoms with E-state index in [0.29, 0.717) is 5.69 Å². The third-order valence-corrected chi connectivity index (χ3v) is 5.19. The summed E-state index contributed by atoms with van der Waals surface area (Å²) in [5.74, 6) is -0.352. The monoisotopic (exact) mass is 392 g/mol. The average Bonchev–Trinajstić information content (AvgIpc) is 2.76. The number of rotatable bonds is 4. The van der Waals surface area contributed by atoms with Gasteiger partial charge in [0.2, 0.25) is 5.43 Å². The van der Waals surface area contributed by atoms with E-state index in [2.05, 4.69) is 29.2 Å². The molecule has 2 heterocycles. The second kappa shape index (κ2) is 8.11. The number of aromatic nitrogens is 1. The summed E-state index contributed by atoms with van der Waals surface area (Å²) < 4.78 is 7.06. The van der Waals surface area contributed by atoms with E-state index in [1.807, 2.05) is 24.3 Å². The maximum absolute atomic E-state index is 11.8. The van der Waals surface area contributed by atoms with Gasteiger partial charge in [-0.3, -0.25) is 4.79 Å². The smallest absolute Gasteiger partial charge is 0.223 e. The van der Waals surface area contributed by atoms with E-state index in [4.69, 9.17) is 4.74 Å². The van der Waals surface area contributed by atoms with Gasteiger partial charge in [-0.1, -0.05) is 24.3 Å². The summed E-state index contributed by atoms with van der Waals surface area (Å²) in [5.41, 5.74) is 3.92. The number of anilines is 1. The second-order valence-corrected chi connectivity index (χ2v) is 7.19. The molecule has 29 heavy (non-hydrogen) atoms. The van der Waals surface area contributed by atoms with Crippen LogP contribution in [0.15, 0.2) is 65.6 Å². The van der Waals surface area contributed by atoms with Crippen molar-refractivity contribution in [2.75, 3.05) is 31.2 Å². The number of hydrogen-bond acceptors (Lipinski definition) is 5. The topological polar surface area (TPSA) is 74.9 Å². The van der Waals surface area contributed by atoms with Crippen LogP contribution in [0, 0.1) is 0 Å². The molecule has 3 aromatic rings. The van der Waals surface area contributed by atoms with Gasteiger partial charge in [0, 0.05) is 30.5 Å². The van der Waals surface area contributed by atoms with Crippen molar-refractivity contribution in [1.82, 2.24) is 4.57 Å². The van der Waals surface area contributed by atoms with Gasteiger partial charge in [-0.2, -0.15) is 0 Å². The van der Waals surface area contributed by atoms with E-state index < -0.39 is 11.5 Å². The fraction of sp³-hybridized carbons (Fsp3) is 0.261. The van der Waals surface area contributed by atoms with Crippen molar-refractivity contribution in [3.63, 3.8) is 0 Å². The van der Waals surface area contributed by atoms with Crippen LogP contribution >= 0.6 is 0 Å². The fourth-order valence-electron chi connectivity index (χ4n) is 3.61. The molecule has 0 radical (unpaired) electrons. The maximum Gasteiger partial charge on any atom is 0.223 e. The van der Waals surface area contributed by atoms with Gasteiger partial charge in [0.25, 0.3) is 0 Å². The molecule has 1 aliphatic rings. The van der Waals surface area contributed by atoms with Gasteiger partial charge in [0.15, 0.2) is 5.75 Å². The summed E-state index contributed by atoms with van der Waals surface area (Å²) in [6, 6.07) is 17.4. The molecule has 0 aliphatic carbocycles. The van der Waals surface area contributed by atoms with Gasteiger partial charge in [-0.25, -0.2) is 0 Å². The van der Waals surface area contributed by atoms with Crippen molar-refractivity contribution in [1.29, 1.82) is 0 Å². The Morgan fingerprint density at radius 1 is 0.966 bits per heavy atom. The Kier molecular flexibility index (Phi) is 5.38. The van der Waals surface area contributed by atoms with Crippen LogP contribution in [0.1, 0.15) is 18.7 Å². The molecule has 4 rings (SSSR count). The molecule has 1 fully saturated rings. The van der Waals surface area contributed by atoms with E-state index in [0.717, 1.165) is 43.1 Å². The van der Waals surface area contributed by atoms with Crippen molar-refractivity contribution in [3.05, 3.63) is 76.7 Å². The van der Waals surface area contributed by atoms with E-state index in [1.54, 1.807) is 11.5 Å². The van der Waals surface area contributed by atoms with Crippen LogP contribution in [0.4, 0.5) is 5.69 Å². The lowest BCUT2D eigenvalue weighted by Gasteiger charge is -2.29. The molecule has 0 bridgehead atoms. The first-order valence-corrected chi connectivity index (χ1v) is 9.70. The first kappa shape index (κ1) is 19.2. The lowest BCUT2D eigenvalue weighted by atomic mass is 10.0. The molecule has 1 aliphatic heterocycles. The third-order valence-electron chi connectivity index (χ3n) is 5.19. The van der Waals surface area contributed by atoms with Crippen molar-refractivity contribution in [3.8, 4) is 22.6 Å². The predicted octanol–water partition coefficient (Wildman–Crippen LogP) is 3.10. The molecule has 6 nitrogen and oxygen atoms in total. The molecule has 150 valence electrons. The Balaban J connectivity index is 1.68. The van der Waals surface area contributed by atoms with E-state index in [9.17, 15) is 15.0 Å². The molecule has 0 spiro atoms. The molecule has 2 aromatic carbocycles. The zero-order valence-electron chi connectivity index (χ0n) is 16.3. The summed E-state index contributed by atoms with van der Waals surface area (Å²) in [6.07, 6.45) is 0.505. The van der Waals surface area contributed by atoms with Gasteiger partial charge in [-0.05, 0) is 42.3 Å². The number of hydrogen-bond donors (Lipinski definition) is 2. The quantitative estimate of drug-likeness (QED) is 0.714. The highest BCUT2D eigenvalue weighted by Gasteiger charge is 2.13. The van der Waals surface area contributed by atoms with Gasteiger partial charge in [0.1, 0.15) is 0 Å². The van der Waals surface area contributed by atoms with Crippen LogP contribution in [0.3, 0.4) is 0 Å². The van der Waals surface area contributed by atoms with Gasteiger partial charge >= 0.3 is 0 Å². The lowest BCUT2D eigenvalue weighted by molar-refractivity contribution is 0.122. The first-order valence-electron chi connectivity index (χ1n) is 9.70. The summed E-state index contributed by atoms with van der Waals surface area (Å²) >= 11 is 0. The van der Waals surface area contributed by atoms with Gasteiger partial charge in [-0.15, -0.1) is 0 Å². The molecule has 6 heteroatoms. The average molecular weight is 392 g/mol. The molecular weight excluding hydrogens is 368 g/mol. The first-order chi connectivity index (χ1) is 14.0. The van der Waals surface area contributed by atoms with Crippen LogP contribution in [0.2, 0.25) is 0 Å². The maximum atomic E-state index is 11.8. The third kappa shape index (κ3) is 4.04. The summed E-state index contributed by atoms with van der Waals surface area (Å²) in [7, 11) is 0. The van der Waals surface area contributed by atoms with Crippen molar-refractivity contribution in [2.24, 2.45) is 0 Å². The van der Waals surface area contributed by atoms with Crippen molar-refractivity contribution in [2.45, 2.75) is 13.0 Å². The lowest BCUT2D eigenvalue weighted by Crippen LogP contribution is -2.36. The minimum absolute atomic E-state index is 0.352. The van der Waals surface area contributed by atoms with Crippen LogP contribution in [-0.4, -0.2) is 41.1 Å². The largest absolute Gasteiger partial charge is 0.503 e. The molecule has 1 aromatic heterocycles. The molecule has 1 atom stereocenters. The van der Waals surface area contributed by atoms with Crippen LogP contribution in [0.25, 0.3) is 16.8 Å². The number of pyridine rings is 1. The number of nitrogens with zero attached hydrogens (tertiary/aromatic N) is 2. The highest BCUT2D eigenvalue weighted by molar-refractivity contribution is 5.68. The van der Waals surface area contributed by atoms with E-state index in [-0.39, 0.29) is 5.75 Å². The Hall–Kier alpha value is -3.09. The minimum atomic E-state index is -0.847. The highest BCUT2D eigenvalue weighted by atomic mass is 16.5. The molecule has 1 saturated heterocycles. The Bertz CT molecular complexity index is 1050. The SMILES string of the molecule is CC(O)c1cc(=O)c(O)cn1-c1cccc(-c2ccc(N3CCOCC3)cc2)c1. The standard InChI is InChI=1S/C23H24N2O4/c1-16(26)21-14-22(27)23(28)15-25(21)20-4-2-3-18(13-20)17-5-7-19(8-6-17)24-9-11-29-12-10-24/h2-8,13-16,26,28H,9-12H2,1H3. The molecular formula is C23H24N2O4. The second-order valence-electron chi connectivity index (χ2n) is 7.19. The van der Waals surface area contributed by atoms with Crippen LogP contribution in [0.5, 0.6) is 5.75 Å². The van der Waals surface area contributed by atoms with E-state index >= 15 is 0 Å². The van der Waals surface area contributed by atoms with Gasteiger partial charge in [0.05, 0.1) is 31.2 Å². The van der Waals surface area contributed by atoms with Crippen LogP contribution in [-0.2, 0) is 4.74 Å². The summed E-state index contributed by atoms with van der Waals surface area (Å²) in [5, 5.41) is 19.9. The molecule has 1 unspecified atom stereocenters. The number of morpholine rings is 1. The Labute approximate surface area is 169 Å². The zero-order chi connectivity index (χ0) is 20.4. The van der Waals surface area contributed by atoms with Crippen LogP contribution < -0.4 is 10.3 Å². The molecule has 0 saturated carbocycles. The molecule has 0 amide bonds. The number of ether oxygens (including phenoxy) is 1. The Morgan fingerprint density at radius 3 is 2.38 bits per heavy atom. The number of benzene rings is 2. The van der Waals surface area contributed by atoms with Gasteiger partial charge < -0.3 is 24.4 Å². The number of aromatic hydroxyl groups is 1. The fourth-order valence-corrected chi connectivity index (χ4v) is 3.61. The van der Waals surface area contributed by atoms with Crippen molar-refractivity contribution >= 4 is 5.69 Å². The number of aliphatic hydroxyl groups is 1. The zero-order valence-corrected chi connectivity index (χ0v) is 16.3. The number of aliphatic hydroxyl groups excluding tert-OH is 1. The normalized spacial score (nSPS) is 15.3. The predicted molar refractivity (Wildman–Crippen MR) is 113 cm³/mol. The van der Waals surface area contributed by atoms with Crippen molar-refractivity contribution < 1.29 is 14.9 Å². The highest BCUT2D eigenvalue weighted by Crippen LogP contribution is 2.27. The Morgan fingerprint density at radius 2 is 1.69 bits per heavy atom.